The third-order valence-corrected chi connectivity index (χ3v) is 2.87. The Labute approximate surface area is 111 Å². The lowest BCUT2D eigenvalue weighted by atomic mass is 10.2. The molecule has 0 unspecified atom stereocenters. The number of nitrogens with zero attached hydrogens (tertiary/aromatic N) is 2. The Hall–Kier alpha value is -2.30. The number of ether oxygens (including phenoxy) is 2. The van der Waals surface area contributed by atoms with Crippen LogP contribution in [-0.2, 0) is 6.54 Å². The lowest BCUT2D eigenvalue weighted by molar-refractivity contribution is 0.355. The molecule has 0 radical (unpaired) electrons. The highest BCUT2D eigenvalue weighted by Crippen LogP contribution is 2.29. The van der Waals surface area contributed by atoms with Gasteiger partial charge in [0.25, 0.3) is 5.56 Å². The van der Waals surface area contributed by atoms with Crippen LogP contribution in [0.3, 0.4) is 0 Å². The molecule has 0 bridgehead atoms. The van der Waals surface area contributed by atoms with E-state index in [1.165, 1.54) is 6.33 Å². The number of allylic oxidation sites excluding steroid dienone is 2. The van der Waals surface area contributed by atoms with Gasteiger partial charge in [0, 0.05) is 12.6 Å². The van der Waals surface area contributed by atoms with Crippen LogP contribution >= 0.6 is 0 Å². The van der Waals surface area contributed by atoms with Crippen LogP contribution in [0.15, 0.2) is 35.4 Å². The monoisotopic (exact) mass is 260 g/mol. The summed E-state index contributed by atoms with van der Waals surface area (Å²) in [7, 11) is 3.09. The maximum Gasteiger partial charge on any atom is 0.261 e. The summed E-state index contributed by atoms with van der Waals surface area (Å²) >= 11 is 0. The van der Waals surface area contributed by atoms with Crippen molar-refractivity contribution in [3.05, 3.63) is 41.0 Å². The van der Waals surface area contributed by atoms with Gasteiger partial charge in [-0.25, -0.2) is 4.98 Å². The summed E-state index contributed by atoms with van der Waals surface area (Å²) in [5, 5.41) is 0.518. The second-order valence-electron chi connectivity index (χ2n) is 4.00. The van der Waals surface area contributed by atoms with E-state index in [9.17, 15) is 4.79 Å². The molecule has 1 aromatic heterocycles. The van der Waals surface area contributed by atoms with Crippen LogP contribution < -0.4 is 15.0 Å². The van der Waals surface area contributed by atoms with Crippen LogP contribution in [0.5, 0.6) is 11.5 Å². The molecule has 0 atom stereocenters. The van der Waals surface area contributed by atoms with Gasteiger partial charge in [-0.3, -0.25) is 9.36 Å². The summed E-state index contributed by atoms with van der Waals surface area (Å²) in [6.07, 6.45) is 5.33. The Morgan fingerprint density at radius 2 is 1.95 bits per heavy atom. The molecule has 0 saturated heterocycles. The van der Waals surface area contributed by atoms with Gasteiger partial charge in [0.15, 0.2) is 11.5 Å². The summed E-state index contributed by atoms with van der Waals surface area (Å²) in [5.41, 5.74) is 0.503. The van der Waals surface area contributed by atoms with Gasteiger partial charge in [0.05, 0.1) is 31.4 Å². The van der Waals surface area contributed by atoms with Crippen LogP contribution in [0.25, 0.3) is 10.9 Å². The number of hydrogen-bond donors (Lipinski definition) is 0. The van der Waals surface area contributed by atoms with Gasteiger partial charge in [-0.15, -0.1) is 0 Å². The average Bonchev–Trinajstić information content (AvgIpc) is 2.45. The van der Waals surface area contributed by atoms with E-state index in [1.54, 1.807) is 30.9 Å². The molecule has 0 saturated carbocycles. The summed E-state index contributed by atoms with van der Waals surface area (Å²) in [6.45, 7) is 2.42. The van der Waals surface area contributed by atoms with Gasteiger partial charge >= 0.3 is 0 Å². The molecule has 19 heavy (non-hydrogen) atoms. The number of fused-ring (bicyclic) bond motifs is 1. The molecule has 100 valence electrons. The normalized spacial score (nSPS) is 11.1. The fourth-order valence-electron chi connectivity index (χ4n) is 1.83. The minimum atomic E-state index is -0.0935. The van der Waals surface area contributed by atoms with Gasteiger partial charge in [-0.1, -0.05) is 12.2 Å². The molecular formula is C14H16N2O3. The predicted octanol–water partition coefficient (Wildman–Crippen LogP) is 1.99. The first-order valence-corrected chi connectivity index (χ1v) is 5.93. The summed E-state index contributed by atoms with van der Waals surface area (Å²) < 4.78 is 11.9. The van der Waals surface area contributed by atoms with Crippen LogP contribution in [0.1, 0.15) is 6.92 Å². The predicted molar refractivity (Wildman–Crippen MR) is 73.9 cm³/mol. The van der Waals surface area contributed by atoms with Crippen molar-refractivity contribution in [2.24, 2.45) is 0 Å². The fourth-order valence-corrected chi connectivity index (χ4v) is 1.83. The Bertz CT molecular complexity index is 674. The molecule has 0 spiro atoms. The number of benzene rings is 1. The van der Waals surface area contributed by atoms with E-state index in [2.05, 4.69) is 4.98 Å². The van der Waals surface area contributed by atoms with Crippen molar-refractivity contribution in [3.63, 3.8) is 0 Å². The molecule has 0 fully saturated rings. The second kappa shape index (κ2) is 5.56. The van der Waals surface area contributed by atoms with Crippen molar-refractivity contribution < 1.29 is 9.47 Å². The van der Waals surface area contributed by atoms with E-state index < -0.39 is 0 Å². The molecule has 1 aromatic carbocycles. The van der Waals surface area contributed by atoms with Gasteiger partial charge in [0.1, 0.15) is 0 Å². The fraction of sp³-hybridized carbons (Fsp3) is 0.286. The van der Waals surface area contributed by atoms with E-state index in [0.29, 0.717) is 28.9 Å². The van der Waals surface area contributed by atoms with Crippen LogP contribution in [0.2, 0.25) is 0 Å². The van der Waals surface area contributed by atoms with Crippen molar-refractivity contribution in [1.82, 2.24) is 9.55 Å². The quantitative estimate of drug-likeness (QED) is 0.789. The van der Waals surface area contributed by atoms with E-state index in [1.807, 2.05) is 19.1 Å². The van der Waals surface area contributed by atoms with Crippen molar-refractivity contribution in [2.45, 2.75) is 13.5 Å². The summed E-state index contributed by atoms with van der Waals surface area (Å²) in [5.74, 6) is 1.09. The maximum absolute atomic E-state index is 12.3. The molecule has 0 amide bonds. The first kappa shape index (κ1) is 13.1. The van der Waals surface area contributed by atoms with E-state index in [0.717, 1.165) is 0 Å². The summed E-state index contributed by atoms with van der Waals surface area (Å²) in [4.78, 5) is 16.6. The first-order valence-electron chi connectivity index (χ1n) is 5.93. The average molecular weight is 260 g/mol. The van der Waals surface area contributed by atoms with Crippen molar-refractivity contribution in [1.29, 1.82) is 0 Å². The number of hydrogen-bond acceptors (Lipinski definition) is 4. The van der Waals surface area contributed by atoms with Crippen LogP contribution in [0, 0.1) is 0 Å². The van der Waals surface area contributed by atoms with Crippen molar-refractivity contribution in [3.8, 4) is 11.5 Å². The largest absolute Gasteiger partial charge is 0.493 e. The van der Waals surface area contributed by atoms with Gasteiger partial charge < -0.3 is 9.47 Å². The standard InChI is InChI=1S/C14H16N2O3/c1-4-5-6-16-9-15-11-8-13(19-3)12(18-2)7-10(11)14(16)17/h4-5,7-9H,6H2,1-3H3. The van der Waals surface area contributed by atoms with E-state index in [4.69, 9.17) is 9.47 Å². The first-order chi connectivity index (χ1) is 9.21. The highest BCUT2D eigenvalue weighted by Gasteiger charge is 2.10. The SMILES string of the molecule is CC=CCn1cnc2cc(OC)c(OC)cc2c1=O. The molecule has 5 nitrogen and oxygen atoms in total. The smallest absolute Gasteiger partial charge is 0.261 e. The van der Waals surface area contributed by atoms with Crippen molar-refractivity contribution in [2.75, 3.05) is 14.2 Å². The Morgan fingerprint density at radius 1 is 1.26 bits per heavy atom. The van der Waals surface area contributed by atoms with Gasteiger partial charge in [-0.05, 0) is 13.0 Å². The molecule has 0 N–H and O–H groups in total. The second-order valence-corrected chi connectivity index (χ2v) is 4.00. The number of rotatable bonds is 4. The van der Waals surface area contributed by atoms with Gasteiger partial charge in [0.2, 0.25) is 0 Å². The minimum Gasteiger partial charge on any atom is -0.493 e. The molecule has 0 aliphatic carbocycles. The third-order valence-electron chi connectivity index (χ3n) is 2.87. The maximum atomic E-state index is 12.3. The Balaban J connectivity index is 2.65. The molecule has 0 aliphatic heterocycles. The van der Waals surface area contributed by atoms with Crippen LogP contribution in [-0.4, -0.2) is 23.8 Å². The molecular weight excluding hydrogens is 244 g/mol. The highest BCUT2D eigenvalue weighted by molar-refractivity contribution is 5.81. The molecule has 5 heteroatoms. The minimum absolute atomic E-state index is 0.0935. The third kappa shape index (κ3) is 2.45. The van der Waals surface area contributed by atoms with E-state index >= 15 is 0 Å². The number of methoxy groups -OCH3 is 2. The zero-order valence-electron chi connectivity index (χ0n) is 11.2. The molecule has 1 heterocycles. The zero-order chi connectivity index (χ0) is 13.8. The van der Waals surface area contributed by atoms with Crippen molar-refractivity contribution >= 4 is 10.9 Å². The topological polar surface area (TPSA) is 53.4 Å². The highest BCUT2D eigenvalue weighted by atomic mass is 16.5. The summed E-state index contributed by atoms with van der Waals surface area (Å²) in [6, 6.07) is 3.37. The lowest BCUT2D eigenvalue weighted by Gasteiger charge is -2.09. The van der Waals surface area contributed by atoms with Crippen LogP contribution in [0.4, 0.5) is 0 Å². The molecule has 2 aromatic rings. The lowest BCUT2D eigenvalue weighted by Crippen LogP contribution is -2.20. The Kier molecular flexibility index (Phi) is 3.85. The molecule has 2 rings (SSSR count). The zero-order valence-corrected chi connectivity index (χ0v) is 11.2. The Morgan fingerprint density at radius 3 is 2.58 bits per heavy atom. The molecule has 0 aliphatic rings. The van der Waals surface area contributed by atoms with E-state index in [-0.39, 0.29) is 5.56 Å². The number of aromatic nitrogens is 2. The van der Waals surface area contributed by atoms with Gasteiger partial charge in [-0.2, -0.15) is 0 Å².